The molecule has 1 aliphatic heterocycles. The van der Waals surface area contributed by atoms with Gasteiger partial charge in [0.15, 0.2) is 5.13 Å². The van der Waals surface area contributed by atoms with Gasteiger partial charge in [-0.3, -0.25) is 0 Å². The zero-order valence-corrected chi connectivity index (χ0v) is 12.8. The second-order valence-corrected chi connectivity index (χ2v) is 5.68. The van der Waals surface area contributed by atoms with Crippen LogP contribution in [0, 0.1) is 0 Å². The van der Waals surface area contributed by atoms with Gasteiger partial charge in [-0.05, 0) is 6.42 Å². The number of aromatic nitrogens is 3. The van der Waals surface area contributed by atoms with Crippen LogP contribution in [0.2, 0.25) is 0 Å². The van der Waals surface area contributed by atoms with Gasteiger partial charge in [-0.1, -0.05) is 6.92 Å². The lowest BCUT2D eigenvalue weighted by Crippen LogP contribution is -2.47. The van der Waals surface area contributed by atoms with Gasteiger partial charge in [0.05, 0.1) is 0 Å². The van der Waals surface area contributed by atoms with Crippen molar-refractivity contribution in [2.75, 3.05) is 41.4 Å². The second-order valence-electron chi connectivity index (χ2n) is 4.81. The van der Waals surface area contributed by atoms with E-state index in [4.69, 9.17) is 5.84 Å². The lowest BCUT2D eigenvalue weighted by molar-refractivity contribution is 0.642. The standard InChI is InChI=1S/C13H19N7S/c1-2-10-11(18-14)16-9-17-12(10)19-4-6-20(7-5-19)13-15-3-8-21-13/h3,8-9H,2,4-7,14H2,1H3,(H,16,17,18). The summed E-state index contributed by atoms with van der Waals surface area (Å²) in [5, 5.41) is 3.11. The van der Waals surface area contributed by atoms with Crippen LogP contribution in [-0.2, 0) is 6.42 Å². The summed E-state index contributed by atoms with van der Waals surface area (Å²) in [5.74, 6) is 7.24. The second kappa shape index (κ2) is 6.23. The molecular formula is C13H19N7S. The molecule has 0 aromatic carbocycles. The third-order valence-electron chi connectivity index (χ3n) is 3.68. The molecule has 0 bridgehead atoms. The monoisotopic (exact) mass is 305 g/mol. The molecule has 0 aliphatic carbocycles. The summed E-state index contributed by atoms with van der Waals surface area (Å²) in [5.41, 5.74) is 3.73. The SMILES string of the molecule is CCc1c(NN)ncnc1N1CCN(c2nccs2)CC1. The van der Waals surface area contributed by atoms with E-state index >= 15 is 0 Å². The Labute approximate surface area is 127 Å². The molecule has 1 fully saturated rings. The smallest absolute Gasteiger partial charge is 0.185 e. The minimum absolute atomic E-state index is 0.713. The highest BCUT2D eigenvalue weighted by Crippen LogP contribution is 2.26. The molecule has 2 aromatic rings. The first-order chi connectivity index (χ1) is 10.3. The maximum atomic E-state index is 5.54. The molecule has 1 saturated heterocycles. The van der Waals surface area contributed by atoms with E-state index in [2.05, 4.69) is 37.1 Å². The largest absolute Gasteiger partial charge is 0.353 e. The van der Waals surface area contributed by atoms with Crippen LogP contribution in [0.5, 0.6) is 0 Å². The van der Waals surface area contributed by atoms with Crippen molar-refractivity contribution in [1.29, 1.82) is 0 Å². The molecule has 0 saturated carbocycles. The molecule has 112 valence electrons. The average molecular weight is 305 g/mol. The van der Waals surface area contributed by atoms with Crippen molar-refractivity contribution in [2.45, 2.75) is 13.3 Å². The van der Waals surface area contributed by atoms with Gasteiger partial charge in [-0.2, -0.15) is 0 Å². The van der Waals surface area contributed by atoms with E-state index < -0.39 is 0 Å². The van der Waals surface area contributed by atoms with Crippen molar-refractivity contribution in [3.8, 4) is 0 Å². The number of thiazole rings is 1. The first-order valence-electron chi connectivity index (χ1n) is 7.03. The Hall–Kier alpha value is -1.93. The molecular weight excluding hydrogens is 286 g/mol. The molecule has 8 heteroatoms. The minimum atomic E-state index is 0.713. The van der Waals surface area contributed by atoms with Gasteiger partial charge in [-0.15, -0.1) is 11.3 Å². The molecule has 3 N–H and O–H groups in total. The van der Waals surface area contributed by atoms with Crippen LogP contribution < -0.4 is 21.1 Å². The first-order valence-corrected chi connectivity index (χ1v) is 7.91. The molecule has 0 unspecified atom stereocenters. The Morgan fingerprint density at radius 2 is 1.95 bits per heavy atom. The molecule has 2 aromatic heterocycles. The summed E-state index contributed by atoms with van der Waals surface area (Å²) in [7, 11) is 0. The van der Waals surface area contributed by atoms with E-state index in [1.807, 2.05) is 11.6 Å². The molecule has 0 radical (unpaired) electrons. The molecule has 1 aliphatic rings. The van der Waals surface area contributed by atoms with Gasteiger partial charge in [0.1, 0.15) is 18.0 Å². The van der Waals surface area contributed by atoms with Gasteiger partial charge < -0.3 is 15.2 Å². The van der Waals surface area contributed by atoms with Crippen molar-refractivity contribution < 1.29 is 0 Å². The summed E-state index contributed by atoms with van der Waals surface area (Å²) in [6.07, 6.45) is 4.27. The molecule has 3 heterocycles. The number of nitrogens with two attached hydrogens (primary N) is 1. The molecule has 0 spiro atoms. The maximum Gasteiger partial charge on any atom is 0.185 e. The van der Waals surface area contributed by atoms with Gasteiger partial charge in [0, 0.05) is 43.3 Å². The minimum Gasteiger partial charge on any atom is -0.353 e. The van der Waals surface area contributed by atoms with Crippen molar-refractivity contribution >= 4 is 28.1 Å². The number of piperazine rings is 1. The van der Waals surface area contributed by atoms with Crippen LogP contribution in [0.15, 0.2) is 17.9 Å². The topological polar surface area (TPSA) is 83.2 Å². The fourth-order valence-corrected chi connectivity index (χ4v) is 3.30. The highest BCUT2D eigenvalue weighted by molar-refractivity contribution is 7.13. The van der Waals surface area contributed by atoms with E-state index in [9.17, 15) is 0 Å². The zero-order valence-electron chi connectivity index (χ0n) is 12.0. The number of rotatable bonds is 4. The lowest BCUT2D eigenvalue weighted by atomic mass is 10.2. The summed E-state index contributed by atoms with van der Waals surface area (Å²) in [6.45, 7) is 5.84. The number of hydrazine groups is 1. The third-order valence-corrected chi connectivity index (χ3v) is 4.51. The van der Waals surface area contributed by atoms with Crippen molar-refractivity contribution in [2.24, 2.45) is 5.84 Å². The molecule has 0 atom stereocenters. The van der Waals surface area contributed by atoms with Crippen molar-refractivity contribution in [3.05, 3.63) is 23.5 Å². The van der Waals surface area contributed by atoms with E-state index in [-0.39, 0.29) is 0 Å². The van der Waals surface area contributed by atoms with Gasteiger partial charge in [0.2, 0.25) is 0 Å². The number of hydrogen-bond donors (Lipinski definition) is 2. The Kier molecular flexibility index (Phi) is 4.16. The highest BCUT2D eigenvalue weighted by Gasteiger charge is 2.22. The van der Waals surface area contributed by atoms with Gasteiger partial charge >= 0.3 is 0 Å². The van der Waals surface area contributed by atoms with E-state index in [0.717, 1.165) is 49.1 Å². The highest BCUT2D eigenvalue weighted by atomic mass is 32.1. The third kappa shape index (κ3) is 2.77. The van der Waals surface area contributed by atoms with E-state index in [0.29, 0.717) is 5.82 Å². The first kappa shape index (κ1) is 14.0. The maximum absolute atomic E-state index is 5.54. The van der Waals surface area contributed by atoms with Gasteiger partial charge in [0.25, 0.3) is 0 Å². The van der Waals surface area contributed by atoms with Crippen LogP contribution in [0.4, 0.5) is 16.8 Å². The van der Waals surface area contributed by atoms with Crippen LogP contribution in [0.1, 0.15) is 12.5 Å². The van der Waals surface area contributed by atoms with Crippen LogP contribution >= 0.6 is 11.3 Å². The van der Waals surface area contributed by atoms with Crippen molar-refractivity contribution in [3.63, 3.8) is 0 Å². The summed E-state index contributed by atoms with van der Waals surface area (Å²) in [4.78, 5) is 17.6. The van der Waals surface area contributed by atoms with Crippen molar-refractivity contribution in [1.82, 2.24) is 15.0 Å². The Morgan fingerprint density at radius 1 is 1.19 bits per heavy atom. The molecule has 0 amide bonds. The van der Waals surface area contributed by atoms with Crippen LogP contribution in [0.25, 0.3) is 0 Å². The molecule has 21 heavy (non-hydrogen) atoms. The predicted molar refractivity (Wildman–Crippen MR) is 85.8 cm³/mol. The number of hydrogen-bond acceptors (Lipinski definition) is 8. The van der Waals surface area contributed by atoms with E-state index in [1.54, 1.807) is 17.7 Å². The summed E-state index contributed by atoms with van der Waals surface area (Å²) in [6, 6.07) is 0. The number of anilines is 3. The van der Waals surface area contributed by atoms with Crippen LogP contribution in [0.3, 0.4) is 0 Å². The normalized spacial score (nSPS) is 15.3. The molecule has 7 nitrogen and oxygen atoms in total. The zero-order chi connectivity index (χ0) is 14.7. The Balaban J connectivity index is 1.75. The molecule has 3 rings (SSSR count). The lowest BCUT2D eigenvalue weighted by Gasteiger charge is -2.36. The quantitative estimate of drug-likeness (QED) is 0.646. The number of nitrogen functional groups attached to an aromatic ring is 1. The fraction of sp³-hybridized carbons (Fsp3) is 0.462. The average Bonchev–Trinajstić information content (AvgIpc) is 3.08. The van der Waals surface area contributed by atoms with Crippen LogP contribution in [-0.4, -0.2) is 41.1 Å². The summed E-state index contributed by atoms with van der Waals surface area (Å²) < 4.78 is 0. The predicted octanol–water partition coefficient (Wildman–Crippen LogP) is 1.11. The number of nitrogens with one attached hydrogen (secondary N) is 1. The number of nitrogens with zero attached hydrogens (tertiary/aromatic N) is 5. The van der Waals surface area contributed by atoms with E-state index in [1.165, 1.54) is 0 Å². The Bertz CT molecular complexity index is 578. The fourth-order valence-electron chi connectivity index (χ4n) is 2.61. The van der Waals surface area contributed by atoms with Gasteiger partial charge in [-0.25, -0.2) is 20.8 Å². The summed E-state index contributed by atoms with van der Waals surface area (Å²) >= 11 is 1.68. The Morgan fingerprint density at radius 3 is 2.57 bits per heavy atom.